The first kappa shape index (κ1) is 17.3. The molecule has 0 N–H and O–H groups in total. The van der Waals surface area contributed by atoms with E-state index in [0.717, 1.165) is 36.8 Å². The van der Waals surface area contributed by atoms with Crippen LogP contribution in [0.4, 0.5) is 0 Å². The zero-order chi connectivity index (χ0) is 18.3. The SMILES string of the molecule is Cc1ccc(S(=O)(=O)N2C(=O)[C@@H]3CCCC[C@H]3[C@@H]2c2ccccc2)cc1. The van der Waals surface area contributed by atoms with Gasteiger partial charge in [0, 0.05) is 5.92 Å². The summed E-state index contributed by atoms with van der Waals surface area (Å²) in [5.74, 6) is -0.350. The van der Waals surface area contributed by atoms with Crippen LogP contribution in [0.15, 0.2) is 59.5 Å². The minimum atomic E-state index is -3.88. The molecule has 2 aliphatic rings. The molecule has 0 radical (unpaired) electrons. The molecule has 2 fully saturated rings. The lowest BCUT2D eigenvalue weighted by Gasteiger charge is -2.29. The molecule has 2 aromatic carbocycles. The van der Waals surface area contributed by atoms with E-state index in [4.69, 9.17) is 0 Å². The molecule has 1 amide bonds. The summed E-state index contributed by atoms with van der Waals surface area (Å²) >= 11 is 0. The zero-order valence-corrected chi connectivity index (χ0v) is 15.7. The normalized spacial score (nSPS) is 26.0. The van der Waals surface area contributed by atoms with Crippen LogP contribution in [0.5, 0.6) is 0 Å². The summed E-state index contributed by atoms with van der Waals surface area (Å²) < 4.78 is 28.0. The van der Waals surface area contributed by atoms with E-state index in [0.29, 0.717) is 0 Å². The average molecular weight is 369 g/mol. The molecule has 0 aromatic heterocycles. The maximum atomic E-state index is 13.4. The summed E-state index contributed by atoms with van der Waals surface area (Å²) in [4.78, 5) is 13.3. The molecule has 0 unspecified atom stereocenters. The van der Waals surface area contributed by atoms with Crippen molar-refractivity contribution in [1.29, 1.82) is 0 Å². The van der Waals surface area contributed by atoms with Crippen molar-refractivity contribution in [1.82, 2.24) is 4.31 Å². The highest BCUT2D eigenvalue weighted by atomic mass is 32.2. The standard InChI is InChI=1S/C21H23NO3S/c1-15-11-13-17(14-12-15)26(24,25)22-20(16-7-3-2-4-8-16)18-9-5-6-10-19(18)21(22)23/h2-4,7-8,11-14,18-20H,5-6,9-10H2,1H3/t18-,19-,20+/m1/s1. The van der Waals surface area contributed by atoms with Crippen LogP contribution in [-0.2, 0) is 14.8 Å². The van der Waals surface area contributed by atoms with E-state index in [9.17, 15) is 13.2 Å². The van der Waals surface area contributed by atoms with Gasteiger partial charge in [-0.25, -0.2) is 12.7 Å². The predicted octanol–water partition coefficient (Wildman–Crippen LogP) is 4.07. The molecule has 1 heterocycles. The lowest BCUT2D eigenvalue weighted by atomic mass is 9.76. The Kier molecular flexibility index (Phi) is 4.35. The summed E-state index contributed by atoms with van der Waals surface area (Å²) in [7, 11) is -3.88. The minimum Gasteiger partial charge on any atom is -0.273 e. The third kappa shape index (κ3) is 2.75. The van der Waals surface area contributed by atoms with E-state index in [-0.39, 0.29) is 22.6 Å². The van der Waals surface area contributed by atoms with Crippen LogP contribution in [0.3, 0.4) is 0 Å². The van der Waals surface area contributed by atoms with Crippen LogP contribution in [0.25, 0.3) is 0 Å². The van der Waals surface area contributed by atoms with Gasteiger partial charge in [0.25, 0.3) is 10.0 Å². The molecule has 0 spiro atoms. The van der Waals surface area contributed by atoms with Gasteiger partial charge in [0.1, 0.15) is 0 Å². The third-order valence-corrected chi connectivity index (χ3v) is 7.52. The number of aryl methyl sites for hydroxylation is 1. The molecule has 1 aliphatic heterocycles. The second-order valence-corrected chi connectivity index (χ2v) is 9.18. The number of benzene rings is 2. The topological polar surface area (TPSA) is 54.5 Å². The van der Waals surface area contributed by atoms with Gasteiger partial charge in [-0.3, -0.25) is 4.79 Å². The average Bonchev–Trinajstić information content (AvgIpc) is 2.96. The van der Waals surface area contributed by atoms with Gasteiger partial charge in [0.2, 0.25) is 5.91 Å². The van der Waals surface area contributed by atoms with Crippen molar-refractivity contribution in [2.24, 2.45) is 11.8 Å². The molecule has 4 nitrogen and oxygen atoms in total. The number of hydrogen-bond donors (Lipinski definition) is 0. The maximum Gasteiger partial charge on any atom is 0.267 e. The van der Waals surface area contributed by atoms with Crippen molar-refractivity contribution in [3.63, 3.8) is 0 Å². The van der Waals surface area contributed by atoms with Crippen LogP contribution in [-0.4, -0.2) is 18.6 Å². The quantitative estimate of drug-likeness (QED) is 0.819. The van der Waals surface area contributed by atoms with Crippen molar-refractivity contribution in [2.75, 3.05) is 0 Å². The number of hydrogen-bond acceptors (Lipinski definition) is 3. The highest BCUT2D eigenvalue weighted by Gasteiger charge is 2.53. The van der Waals surface area contributed by atoms with Crippen LogP contribution >= 0.6 is 0 Å². The van der Waals surface area contributed by atoms with Gasteiger partial charge < -0.3 is 0 Å². The number of amides is 1. The molecule has 5 heteroatoms. The van der Waals surface area contributed by atoms with E-state index >= 15 is 0 Å². The molecule has 1 saturated heterocycles. The Bertz CT molecular complexity index is 906. The fraction of sp³-hybridized carbons (Fsp3) is 0.381. The summed E-state index contributed by atoms with van der Waals surface area (Å²) in [6.07, 6.45) is 3.73. The van der Waals surface area contributed by atoms with Crippen molar-refractivity contribution in [3.05, 3.63) is 65.7 Å². The first-order valence-corrected chi connectivity index (χ1v) is 10.6. The van der Waals surface area contributed by atoms with Gasteiger partial charge in [0.15, 0.2) is 0 Å². The van der Waals surface area contributed by atoms with Crippen LogP contribution < -0.4 is 0 Å². The number of sulfonamides is 1. The molecular formula is C21H23NO3S. The fourth-order valence-electron chi connectivity index (χ4n) is 4.44. The van der Waals surface area contributed by atoms with E-state index in [1.165, 1.54) is 4.31 Å². The van der Waals surface area contributed by atoms with Gasteiger partial charge in [-0.2, -0.15) is 0 Å². The lowest BCUT2D eigenvalue weighted by Crippen LogP contribution is -2.35. The third-order valence-electron chi connectivity index (χ3n) is 5.73. The van der Waals surface area contributed by atoms with E-state index in [1.54, 1.807) is 24.3 Å². The molecule has 1 aliphatic carbocycles. The van der Waals surface area contributed by atoms with Gasteiger partial charge in [-0.05, 0) is 43.4 Å². The van der Waals surface area contributed by atoms with Crippen molar-refractivity contribution in [2.45, 2.75) is 43.5 Å². The monoisotopic (exact) mass is 369 g/mol. The summed E-state index contributed by atoms with van der Waals surface area (Å²) in [5.41, 5.74) is 1.90. The van der Waals surface area contributed by atoms with E-state index in [1.807, 2.05) is 37.3 Å². The Balaban J connectivity index is 1.83. The molecule has 26 heavy (non-hydrogen) atoms. The zero-order valence-electron chi connectivity index (χ0n) is 14.8. The predicted molar refractivity (Wildman–Crippen MR) is 99.8 cm³/mol. The van der Waals surface area contributed by atoms with Gasteiger partial charge >= 0.3 is 0 Å². The molecule has 1 saturated carbocycles. The van der Waals surface area contributed by atoms with Gasteiger partial charge in [0.05, 0.1) is 10.9 Å². The smallest absolute Gasteiger partial charge is 0.267 e. The van der Waals surface area contributed by atoms with Crippen LogP contribution in [0, 0.1) is 18.8 Å². The largest absolute Gasteiger partial charge is 0.273 e. The molecule has 136 valence electrons. The molecule has 2 aromatic rings. The van der Waals surface area contributed by atoms with Crippen molar-refractivity contribution in [3.8, 4) is 0 Å². The number of carbonyl (C=O) groups is 1. The van der Waals surface area contributed by atoms with Crippen molar-refractivity contribution < 1.29 is 13.2 Å². The second-order valence-electron chi connectivity index (χ2n) is 7.36. The molecule has 0 bridgehead atoms. The first-order valence-electron chi connectivity index (χ1n) is 9.20. The Morgan fingerprint density at radius 1 is 0.923 bits per heavy atom. The van der Waals surface area contributed by atoms with E-state index in [2.05, 4.69) is 0 Å². The minimum absolute atomic E-state index is 0.0684. The molecular weight excluding hydrogens is 346 g/mol. The van der Waals surface area contributed by atoms with Crippen molar-refractivity contribution >= 4 is 15.9 Å². The Hall–Kier alpha value is -2.14. The Labute approximate surface area is 154 Å². The highest BCUT2D eigenvalue weighted by molar-refractivity contribution is 7.89. The number of fused-ring (bicyclic) bond motifs is 1. The van der Waals surface area contributed by atoms with Gasteiger partial charge in [-0.1, -0.05) is 60.9 Å². The number of carbonyl (C=O) groups excluding carboxylic acids is 1. The Morgan fingerprint density at radius 3 is 2.27 bits per heavy atom. The summed E-state index contributed by atoms with van der Waals surface area (Å²) in [6.45, 7) is 1.92. The second kappa shape index (κ2) is 6.54. The van der Waals surface area contributed by atoms with Crippen LogP contribution in [0.2, 0.25) is 0 Å². The summed E-state index contributed by atoms with van der Waals surface area (Å²) in [5, 5.41) is 0. The summed E-state index contributed by atoms with van der Waals surface area (Å²) in [6, 6.07) is 16.0. The number of nitrogens with zero attached hydrogens (tertiary/aromatic N) is 1. The maximum absolute atomic E-state index is 13.4. The number of rotatable bonds is 3. The first-order chi connectivity index (χ1) is 12.5. The fourth-order valence-corrected chi connectivity index (χ4v) is 6.10. The van der Waals surface area contributed by atoms with E-state index < -0.39 is 16.1 Å². The molecule has 4 rings (SSSR count). The van der Waals surface area contributed by atoms with Gasteiger partial charge in [-0.15, -0.1) is 0 Å². The Morgan fingerprint density at radius 2 is 1.58 bits per heavy atom. The highest BCUT2D eigenvalue weighted by Crippen LogP contribution is 2.50. The van der Waals surface area contributed by atoms with Crippen LogP contribution in [0.1, 0.15) is 42.9 Å². The molecule has 3 atom stereocenters. The lowest BCUT2D eigenvalue weighted by molar-refractivity contribution is -0.128.